The Labute approximate surface area is 265 Å². The molecule has 0 saturated heterocycles. The summed E-state index contributed by atoms with van der Waals surface area (Å²) in [7, 11) is 0. The van der Waals surface area contributed by atoms with Crippen molar-refractivity contribution in [2.45, 2.75) is 36.5 Å². The summed E-state index contributed by atoms with van der Waals surface area (Å²) < 4.78 is 122. The maximum atomic E-state index is 15.3. The van der Waals surface area contributed by atoms with Crippen molar-refractivity contribution < 1.29 is 35.1 Å². The Kier molecular flexibility index (Phi) is 5.54. The first kappa shape index (κ1) is 28.7. The van der Waals surface area contributed by atoms with Crippen LogP contribution in [0.4, 0.5) is 52.2 Å². The second-order valence-corrected chi connectivity index (χ2v) is 12.9. The van der Waals surface area contributed by atoms with Gasteiger partial charge in [-0.25, -0.2) is 35.1 Å². The van der Waals surface area contributed by atoms with Gasteiger partial charge in [-0.3, -0.25) is 0 Å². The molecule has 0 fully saturated rings. The number of para-hydroxylation sites is 1. The third-order valence-electron chi connectivity index (χ3n) is 10.1. The largest absolute Gasteiger partial charge is 0.313 e. The molecule has 11 heteroatoms. The summed E-state index contributed by atoms with van der Waals surface area (Å²) in [6, 6.07) is 27.8. The van der Waals surface area contributed by atoms with Crippen molar-refractivity contribution in [2.75, 3.05) is 4.90 Å². The fourth-order valence-corrected chi connectivity index (χ4v) is 8.23. The van der Waals surface area contributed by atoms with Gasteiger partial charge in [-0.05, 0) is 34.0 Å². The van der Waals surface area contributed by atoms with E-state index >= 15 is 35.1 Å². The molecule has 2 aliphatic heterocycles. The van der Waals surface area contributed by atoms with E-state index in [-0.39, 0.29) is 11.4 Å². The van der Waals surface area contributed by atoms with E-state index in [1.807, 2.05) is 36.4 Å². The second-order valence-electron chi connectivity index (χ2n) is 12.9. The fraction of sp³-hybridized carbons (Fsp3) is 0.167. The predicted molar refractivity (Wildman–Crippen MR) is 168 cm³/mol. The number of rotatable bonds is 2. The second kappa shape index (κ2) is 9.08. The first-order valence-corrected chi connectivity index (χ1v) is 15.2. The van der Waals surface area contributed by atoms with E-state index in [1.165, 1.54) is 0 Å². The third-order valence-corrected chi connectivity index (χ3v) is 10.1. The first-order chi connectivity index (χ1) is 22.3. The van der Waals surface area contributed by atoms with Gasteiger partial charge in [-0.1, -0.05) is 102 Å². The summed E-state index contributed by atoms with van der Waals surface area (Å²) in [6.07, 6.45) is -3.37. The van der Waals surface area contributed by atoms with Crippen molar-refractivity contribution in [3.05, 3.63) is 125 Å². The lowest BCUT2D eigenvalue weighted by Crippen LogP contribution is -2.65. The van der Waals surface area contributed by atoms with E-state index in [9.17, 15) is 0 Å². The van der Waals surface area contributed by atoms with Crippen LogP contribution >= 0.6 is 0 Å². The average molecular weight is 641 g/mol. The molecule has 0 atom stereocenters. The molecular formula is C36H21B2F8N. The number of benzene rings is 5. The van der Waals surface area contributed by atoms with E-state index < -0.39 is 72.2 Å². The summed E-state index contributed by atoms with van der Waals surface area (Å²) >= 11 is 0. The fourth-order valence-electron chi connectivity index (χ4n) is 8.23. The van der Waals surface area contributed by atoms with E-state index in [1.54, 1.807) is 47.4 Å². The highest BCUT2D eigenvalue weighted by Crippen LogP contribution is 2.57. The number of hydrogen-bond acceptors (Lipinski definition) is 1. The van der Waals surface area contributed by atoms with E-state index in [2.05, 4.69) is 0 Å². The molecule has 5 aromatic rings. The van der Waals surface area contributed by atoms with Gasteiger partial charge in [0.25, 0.3) is 23.7 Å². The molecular weight excluding hydrogens is 620 g/mol. The molecule has 4 aliphatic rings. The van der Waals surface area contributed by atoms with Gasteiger partial charge in [-0.2, -0.15) is 0 Å². The van der Waals surface area contributed by atoms with Gasteiger partial charge in [-0.15, -0.1) is 0 Å². The molecule has 0 saturated carbocycles. The maximum absolute atomic E-state index is 15.3. The molecule has 232 valence electrons. The van der Waals surface area contributed by atoms with Crippen LogP contribution in [0.1, 0.15) is 35.1 Å². The Hall–Kier alpha value is -4.53. The number of nitrogens with zero attached hydrogens (tertiary/aromatic N) is 1. The highest BCUT2D eigenvalue weighted by atomic mass is 19.3. The van der Waals surface area contributed by atoms with Gasteiger partial charge in [0, 0.05) is 39.3 Å². The van der Waals surface area contributed by atoms with Crippen molar-refractivity contribution in [3.8, 4) is 0 Å². The Balaban J connectivity index is 1.42. The Morgan fingerprint density at radius 2 is 0.787 bits per heavy atom. The van der Waals surface area contributed by atoms with Gasteiger partial charge in [0.05, 0.1) is 12.8 Å². The zero-order valence-corrected chi connectivity index (χ0v) is 24.4. The zero-order valence-electron chi connectivity index (χ0n) is 24.4. The minimum Gasteiger partial charge on any atom is -0.313 e. The summed E-state index contributed by atoms with van der Waals surface area (Å²) in [5, 5.41) is 0. The van der Waals surface area contributed by atoms with E-state index in [0.29, 0.717) is 27.5 Å². The van der Waals surface area contributed by atoms with Crippen molar-refractivity contribution in [3.63, 3.8) is 0 Å². The SMILES string of the molecule is FC1(F)CC(F)(F)c2cc3c(cc21)B(c1ccccc1)c1cccc2c1N3c1cc3c(cc1B2c1ccccc1)C(F)(F)CC3(F)F. The third kappa shape index (κ3) is 3.85. The van der Waals surface area contributed by atoms with Crippen LogP contribution in [0.25, 0.3) is 0 Å². The van der Waals surface area contributed by atoms with Gasteiger partial charge in [0.15, 0.2) is 0 Å². The number of hydrogen-bond donors (Lipinski definition) is 0. The smallest absolute Gasteiger partial charge is 0.279 e. The topological polar surface area (TPSA) is 3.24 Å². The van der Waals surface area contributed by atoms with Crippen LogP contribution in [0.2, 0.25) is 0 Å². The molecule has 0 spiro atoms. The summed E-state index contributed by atoms with van der Waals surface area (Å²) in [4.78, 5) is 1.55. The zero-order chi connectivity index (χ0) is 32.7. The normalized spacial score (nSPS) is 19.9. The minimum absolute atomic E-state index is 0.121. The summed E-state index contributed by atoms with van der Waals surface area (Å²) in [6.45, 7) is -1.35. The Morgan fingerprint density at radius 3 is 1.17 bits per heavy atom. The lowest BCUT2D eigenvalue weighted by Gasteiger charge is -2.44. The number of alkyl halides is 8. The maximum Gasteiger partial charge on any atom is 0.279 e. The predicted octanol–water partition coefficient (Wildman–Crippen LogP) is 5.99. The quantitative estimate of drug-likeness (QED) is 0.166. The van der Waals surface area contributed by atoms with Crippen molar-refractivity contribution in [1.82, 2.24) is 0 Å². The van der Waals surface area contributed by atoms with E-state index in [4.69, 9.17) is 0 Å². The molecule has 0 bridgehead atoms. The molecule has 0 N–H and O–H groups in total. The number of halogens is 8. The van der Waals surface area contributed by atoms with Crippen molar-refractivity contribution >= 4 is 63.3 Å². The van der Waals surface area contributed by atoms with Crippen LogP contribution in [0.5, 0.6) is 0 Å². The first-order valence-electron chi connectivity index (χ1n) is 15.2. The summed E-state index contributed by atoms with van der Waals surface area (Å²) in [5.41, 5.74) is 0.867. The number of anilines is 3. The van der Waals surface area contributed by atoms with Crippen LogP contribution in [-0.2, 0) is 23.7 Å². The van der Waals surface area contributed by atoms with Crippen LogP contribution in [0, 0.1) is 0 Å². The molecule has 0 amide bonds. The Bertz CT molecular complexity index is 1990. The van der Waals surface area contributed by atoms with Crippen LogP contribution < -0.4 is 37.7 Å². The lowest BCUT2D eigenvalue weighted by atomic mass is 9.30. The molecule has 5 aromatic carbocycles. The molecule has 0 radical (unpaired) electrons. The standard InChI is InChI=1S/C36H21B2F8N/c39-33(40)18-35(43,44)24-16-30-28(14-22(24)33)37(20-8-3-1-4-9-20)26-12-7-13-27-32(26)47(30)31-17-25-23(34(41,42)19-36(25,45)46)15-29(31)38(27)21-10-5-2-6-11-21/h1-17H,18-19H2. The van der Waals surface area contributed by atoms with Gasteiger partial charge in [0.2, 0.25) is 13.4 Å². The minimum atomic E-state index is -3.85. The highest BCUT2D eigenvalue weighted by molar-refractivity contribution is 7.02. The van der Waals surface area contributed by atoms with E-state index in [0.717, 1.165) is 35.2 Å². The van der Waals surface area contributed by atoms with Crippen LogP contribution in [-0.4, -0.2) is 13.4 Å². The van der Waals surface area contributed by atoms with Crippen LogP contribution in [0.15, 0.2) is 103 Å². The van der Waals surface area contributed by atoms with Gasteiger partial charge >= 0.3 is 0 Å². The average Bonchev–Trinajstić information content (AvgIpc) is 3.33. The number of fused-ring (bicyclic) bond motifs is 6. The highest BCUT2D eigenvalue weighted by Gasteiger charge is 2.59. The molecule has 2 heterocycles. The Morgan fingerprint density at radius 1 is 0.426 bits per heavy atom. The van der Waals surface area contributed by atoms with Crippen LogP contribution in [0.3, 0.4) is 0 Å². The molecule has 0 aromatic heterocycles. The van der Waals surface area contributed by atoms with Gasteiger partial charge < -0.3 is 4.90 Å². The molecule has 9 rings (SSSR count). The van der Waals surface area contributed by atoms with Gasteiger partial charge in [0.1, 0.15) is 0 Å². The monoisotopic (exact) mass is 641 g/mol. The molecule has 2 aliphatic carbocycles. The molecule has 47 heavy (non-hydrogen) atoms. The lowest BCUT2D eigenvalue weighted by molar-refractivity contribution is -0.0935. The van der Waals surface area contributed by atoms with Crippen molar-refractivity contribution in [2.24, 2.45) is 0 Å². The van der Waals surface area contributed by atoms with Crippen molar-refractivity contribution in [1.29, 1.82) is 0 Å². The molecule has 1 nitrogen and oxygen atoms in total. The molecule has 0 unspecified atom stereocenters. The summed E-state index contributed by atoms with van der Waals surface area (Å²) in [5.74, 6) is -15.3.